The number of halogens is 1. The predicted octanol–water partition coefficient (Wildman–Crippen LogP) is 4.05. The fourth-order valence-electron chi connectivity index (χ4n) is 1.65. The van der Waals surface area contributed by atoms with Gasteiger partial charge < -0.3 is 9.84 Å². The van der Waals surface area contributed by atoms with Gasteiger partial charge in [-0.3, -0.25) is 10.1 Å². The first-order valence-electron chi connectivity index (χ1n) is 5.39. The Hall–Kier alpha value is -2.27. The zero-order valence-electron chi connectivity index (χ0n) is 9.96. The summed E-state index contributed by atoms with van der Waals surface area (Å²) in [6, 6.07) is 8.83. The summed E-state index contributed by atoms with van der Waals surface area (Å²) in [6.45, 7) is 1.77. The van der Waals surface area contributed by atoms with Gasteiger partial charge in [-0.2, -0.15) is 0 Å². The number of rotatable bonds is 3. The van der Waals surface area contributed by atoms with Gasteiger partial charge in [0.05, 0.1) is 9.95 Å². The van der Waals surface area contributed by atoms with Crippen molar-refractivity contribution in [1.29, 1.82) is 0 Å². The van der Waals surface area contributed by atoms with Crippen LogP contribution in [0.3, 0.4) is 0 Å². The van der Waals surface area contributed by atoms with Crippen LogP contribution < -0.4 is 4.74 Å². The third-order valence-corrected chi connectivity index (χ3v) is 2.70. The lowest BCUT2D eigenvalue weighted by atomic mass is 10.2. The van der Waals surface area contributed by atoms with E-state index in [0.717, 1.165) is 5.56 Å². The zero-order valence-corrected chi connectivity index (χ0v) is 10.7. The number of hydrogen-bond donors (Lipinski definition) is 1. The van der Waals surface area contributed by atoms with E-state index in [4.69, 9.17) is 16.3 Å². The molecular formula is C13H10ClNO4. The Balaban J connectivity index is 2.45. The lowest BCUT2D eigenvalue weighted by molar-refractivity contribution is -0.385. The molecule has 5 nitrogen and oxygen atoms in total. The number of aromatic hydroxyl groups is 1. The minimum atomic E-state index is -0.573. The predicted molar refractivity (Wildman–Crippen MR) is 71.0 cm³/mol. The summed E-state index contributed by atoms with van der Waals surface area (Å²) in [5.74, 6) is 0.262. The number of ether oxygens (including phenoxy) is 1. The molecular weight excluding hydrogens is 270 g/mol. The molecule has 1 N–H and O–H groups in total. The molecule has 0 aliphatic carbocycles. The van der Waals surface area contributed by atoms with Crippen LogP contribution in [0.15, 0.2) is 36.4 Å². The Morgan fingerprint density at radius 2 is 2.05 bits per heavy atom. The van der Waals surface area contributed by atoms with Crippen molar-refractivity contribution in [1.82, 2.24) is 0 Å². The molecule has 19 heavy (non-hydrogen) atoms. The SMILES string of the molecule is Cc1cc(O)cc(Oc2c(Cl)cccc2[N+](=O)[O-])c1. The van der Waals surface area contributed by atoms with Crippen LogP contribution in [0.1, 0.15) is 5.56 Å². The zero-order chi connectivity index (χ0) is 14.0. The van der Waals surface area contributed by atoms with Crippen molar-refractivity contribution in [2.45, 2.75) is 6.92 Å². The second kappa shape index (κ2) is 5.16. The van der Waals surface area contributed by atoms with Crippen LogP contribution in [0.25, 0.3) is 0 Å². The fourth-order valence-corrected chi connectivity index (χ4v) is 1.86. The van der Waals surface area contributed by atoms with Crippen molar-refractivity contribution >= 4 is 17.3 Å². The van der Waals surface area contributed by atoms with Gasteiger partial charge in [0, 0.05) is 12.1 Å². The molecule has 0 aliphatic heterocycles. The van der Waals surface area contributed by atoms with E-state index in [0.29, 0.717) is 0 Å². The molecule has 2 aromatic carbocycles. The van der Waals surface area contributed by atoms with Crippen LogP contribution >= 0.6 is 11.6 Å². The average molecular weight is 280 g/mol. The van der Waals surface area contributed by atoms with Crippen LogP contribution in [0.2, 0.25) is 5.02 Å². The number of phenolic OH excluding ortho intramolecular Hbond substituents is 1. The van der Waals surface area contributed by atoms with Gasteiger partial charge in [0.2, 0.25) is 5.75 Å². The van der Waals surface area contributed by atoms with Crippen LogP contribution in [0.4, 0.5) is 5.69 Å². The molecule has 6 heteroatoms. The first-order valence-corrected chi connectivity index (χ1v) is 5.76. The maximum absolute atomic E-state index is 10.9. The van der Waals surface area contributed by atoms with Gasteiger partial charge in [-0.15, -0.1) is 0 Å². The highest BCUT2D eigenvalue weighted by molar-refractivity contribution is 6.32. The molecule has 0 unspecified atom stereocenters. The molecule has 0 saturated heterocycles. The third-order valence-electron chi connectivity index (χ3n) is 2.40. The summed E-state index contributed by atoms with van der Waals surface area (Å²) in [5.41, 5.74) is 0.540. The Morgan fingerprint density at radius 1 is 1.32 bits per heavy atom. The minimum absolute atomic E-state index is 0.0182. The van der Waals surface area contributed by atoms with Crippen molar-refractivity contribution in [3.63, 3.8) is 0 Å². The normalized spacial score (nSPS) is 10.2. The van der Waals surface area contributed by atoms with E-state index in [1.54, 1.807) is 19.1 Å². The lowest BCUT2D eigenvalue weighted by Crippen LogP contribution is -1.94. The lowest BCUT2D eigenvalue weighted by Gasteiger charge is -2.09. The van der Waals surface area contributed by atoms with Crippen molar-refractivity contribution in [2.75, 3.05) is 0 Å². The molecule has 2 rings (SSSR count). The van der Waals surface area contributed by atoms with E-state index in [2.05, 4.69) is 0 Å². The molecule has 0 aromatic heterocycles. The first kappa shape index (κ1) is 13.2. The van der Waals surface area contributed by atoms with Crippen LogP contribution in [-0.2, 0) is 0 Å². The number of para-hydroxylation sites is 1. The van der Waals surface area contributed by atoms with Crippen molar-refractivity contribution in [3.8, 4) is 17.2 Å². The van der Waals surface area contributed by atoms with Crippen LogP contribution in [0.5, 0.6) is 17.2 Å². The van der Waals surface area contributed by atoms with Gasteiger partial charge in [-0.1, -0.05) is 17.7 Å². The molecule has 0 fully saturated rings. The molecule has 0 aliphatic rings. The van der Waals surface area contributed by atoms with E-state index in [1.807, 2.05) is 0 Å². The highest BCUT2D eigenvalue weighted by atomic mass is 35.5. The number of benzene rings is 2. The molecule has 0 heterocycles. The molecule has 0 radical (unpaired) electrons. The number of phenols is 1. The van der Waals surface area contributed by atoms with Crippen LogP contribution in [0, 0.1) is 17.0 Å². The highest BCUT2D eigenvalue weighted by Gasteiger charge is 2.19. The van der Waals surface area contributed by atoms with Gasteiger partial charge >= 0.3 is 5.69 Å². The maximum atomic E-state index is 10.9. The van der Waals surface area contributed by atoms with Crippen molar-refractivity contribution < 1.29 is 14.8 Å². The maximum Gasteiger partial charge on any atom is 0.313 e. The topological polar surface area (TPSA) is 72.6 Å². The second-order valence-corrected chi connectivity index (χ2v) is 4.36. The molecule has 0 saturated carbocycles. The number of aryl methyl sites for hydroxylation is 1. The summed E-state index contributed by atoms with van der Waals surface area (Å²) in [6.07, 6.45) is 0. The fraction of sp³-hybridized carbons (Fsp3) is 0.0769. The standard InChI is InChI=1S/C13H10ClNO4/c1-8-5-9(16)7-10(6-8)19-13-11(14)3-2-4-12(13)15(17)18/h2-7,16H,1H3. The number of nitro benzene ring substituents is 1. The molecule has 0 atom stereocenters. The number of hydrogen-bond acceptors (Lipinski definition) is 4. The van der Waals surface area contributed by atoms with E-state index >= 15 is 0 Å². The van der Waals surface area contributed by atoms with Gasteiger partial charge in [0.15, 0.2) is 0 Å². The molecule has 0 spiro atoms. The quantitative estimate of drug-likeness (QED) is 0.679. The molecule has 0 amide bonds. The Morgan fingerprint density at radius 3 is 2.68 bits per heavy atom. The Bertz CT molecular complexity index is 622. The minimum Gasteiger partial charge on any atom is -0.508 e. The molecule has 98 valence electrons. The monoisotopic (exact) mass is 279 g/mol. The molecule has 2 aromatic rings. The summed E-state index contributed by atoms with van der Waals surface area (Å²) < 4.78 is 5.43. The summed E-state index contributed by atoms with van der Waals surface area (Å²) in [7, 11) is 0. The smallest absolute Gasteiger partial charge is 0.313 e. The highest BCUT2D eigenvalue weighted by Crippen LogP contribution is 2.38. The first-order chi connectivity index (χ1) is 8.97. The third kappa shape index (κ3) is 2.95. The van der Waals surface area contributed by atoms with Gasteiger partial charge in [0.1, 0.15) is 11.5 Å². The van der Waals surface area contributed by atoms with E-state index in [1.165, 1.54) is 24.3 Å². The number of nitrogens with zero attached hydrogens (tertiary/aromatic N) is 1. The summed E-state index contributed by atoms with van der Waals surface area (Å²) in [5, 5.41) is 20.5. The van der Waals surface area contributed by atoms with Gasteiger partial charge in [-0.05, 0) is 30.7 Å². The Labute approximate surface area is 114 Å². The van der Waals surface area contributed by atoms with E-state index < -0.39 is 4.92 Å². The van der Waals surface area contributed by atoms with Crippen molar-refractivity contribution in [2.24, 2.45) is 0 Å². The van der Waals surface area contributed by atoms with Gasteiger partial charge in [0.25, 0.3) is 0 Å². The second-order valence-electron chi connectivity index (χ2n) is 3.95. The largest absolute Gasteiger partial charge is 0.508 e. The van der Waals surface area contributed by atoms with E-state index in [-0.39, 0.29) is 28.0 Å². The summed E-state index contributed by atoms with van der Waals surface area (Å²) >= 11 is 5.91. The average Bonchev–Trinajstić information content (AvgIpc) is 2.30. The van der Waals surface area contributed by atoms with Gasteiger partial charge in [-0.25, -0.2) is 0 Å². The summed E-state index contributed by atoms with van der Waals surface area (Å²) in [4.78, 5) is 10.3. The van der Waals surface area contributed by atoms with Crippen molar-refractivity contribution in [3.05, 3.63) is 57.1 Å². The van der Waals surface area contributed by atoms with E-state index in [9.17, 15) is 15.2 Å². The van der Waals surface area contributed by atoms with Crippen LogP contribution in [-0.4, -0.2) is 10.0 Å². The number of nitro groups is 1. The Kier molecular flexibility index (Phi) is 3.57. The molecule has 0 bridgehead atoms.